The topological polar surface area (TPSA) is 214 Å². The van der Waals surface area contributed by atoms with Gasteiger partial charge in [0.2, 0.25) is 23.6 Å². The number of amides is 4. The van der Waals surface area contributed by atoms with E-state index in [-0.39, 0.29) is 25.2 Å². The van der Waals surface area contributed by atoms with Crippen LogP contribution in [0.15, 0.2) is 0 Å². The van der Waals surface area contributed by atoms with Crippen LogP contribution in [0, 0.1) is 5.92 Å². The van der Waals surface area contributed by atoms with Gasteiger partial charge in [-0.1, -0.05) is 20.3 Å². The lowest BCUT2D eigenvalue weighted by atomic mass is 9.98. The molecule has 12 nitrogen and oxygen atoms in total. The molecular weight excluding hydrogens is 454 g/mol. The second-order valence-electron chi connectivity index (χ2n) is 7.89. The van der Waals surface area contributed by atoms with Crippen LogP contribution in [-0.4, -0.2) is 82.1 Å². The van der Waals surface area contributed by atoms with Gasteiger partial charge in [0, 0.05) is 6.42 Å². The van der Waals surface area contributed by atoms with Crippen LogP contribution in [0.4, 0.5) is 0 Å². The molecule has 0 fully saturated rings. The molecule has 4 amide bonds. The molecule has 0 saturated carbocycles. The van der Waals surface area contributed by atoms with Crippen LogP contribution < -0.4 is 27.4 Å². The first-order chi connectivity index (χ1) is 15.3. The lowest BCUT2D eigenvalue weighted by molar-refractivity contribution is -0.144. The molecule has 0 radical (unpaired) electrons. The lowest BCUT2D eigenvalue weighted by Gasteiger charge is -2.26. The van der Waals surface area contributed by atoms with Crippen molar-refractivity contribution in [2.24, 2.45) is 17.4 Å². The SMILES string of the molecule is CCC(C)C(NC(=O)C(CCC(N)=O)NC(=O)C(CCSC)NC(=O)C(N)C(C)O)C(=O)O. The number of carbonyl (C=O) groups is 5. The van der Waals surface area contributed by atoms with Gasteiger partial charge in [0.05, 0.1) is 6.10 Å². The van der Waals surface area contributed by atoms with Gasteiger partial charge in [-0.25, -0.2) is 4.79 Å². The first-order valence-corrected chi connectivity index (χ1v) is 12.1. The number of nitrogens with two attached hydrogens (primary N) is 2. The van der Waals surface area contributed by atoms with Crippen molar-refractivity contribution in [1.82, 2.24) is 16.0 Å². The Morgan fingerprint density at radius 2 is 1.45 bits per heavy atom. The van der Waals surface area contributed by atoms with Gasteiger partial charge in [-0.15, -0.1) is 0 Å². The van der Waals surface area contributed by atoms with Crippen molar-refractivity contribution in [3.63, 3.8) is 0 Å². The summed E-state index contributed by atoms with van der Waals surface area (Å²) in [5.74, 6) is -4.05. The van der Waals surface area contributed by atoms with Gasteiger partial charge in [-0.3, -0.25) is 19.2 Å². The summed E-state index contributed by atoms with van der Waals surface area (Å²) in [5, 5.41) is 26.3. The molecule has 33 heavy (non-hydrogen) atoms. The normalized spacial score (nSPS) is 16.4. The number of carboxylic acid groups (broad SMARTS) is 1. The summed E-state index contributed by atoms with van der Waals surface area (Å²) in [4.78, 5) is 60.7. The van der Waals surface area contributed by atoms with Gasteiger partial charge in [0.15, 0.2) is 0 Å². The highest BCUT2D eigenvalue weighted by atomic mass is 32.2. The van der Waals surface area contributed by atoms with Gasteiger partial charge in [0.1, 0.15) is 24.2 Å². The average molecular weight is 492 g/mol. The van der Waals surface area contributed by atoms with E-state index in [1.165, 1.54) is 18.7 Å². The van der Waals surface area contributed by atoms with E-state index in [0.717, 1.165) is 0 Å². The highest BCUT2D eigenvalue weighted by molar-refractivity contribution is 7.98. The number of primary amides is 1. The average Bonchev–Trinajstić information content (AvgIpc) is 2.75. The maximum absolute atomic E-state index is 12.9. The minimum atomic E-state index is -1.25. The van der Waals surface area contributed by atoms with E-state index in [1.54, 1.807) is 13.8 Å². The van der Waals surface area contributed by atoms with E-state index < -0.39 is 59.9 Å². The molecule has 0 aromatic carbocycles. The molecule has 9 N–H and O–H groups in total. The van der Waals surface area contributed by atoms with Crippen molar-refractivity contribution in [2.45, 2.75) is 76.7 Å². The third-order valence-electron chi connectivity index (χ3n) is 5.16. The maximum atomic E-state index is 12.9. The monoisotopic (exact) mass is 491 g/mol. The fourth-order valence-electron chi connectivity index (χ4n) is 2.76. The van der Waals surface area contributed by atoms with Gasteiger partial charge in [0.25, 0.3) is 0 Å². The molecule has 0 aromatic heterocycles. The summed E-state index contributed by atoms with van der Waals surface area (Å²) in [7, 11) is 0. The molecule has 0 aliphatic heterocycles. The van der Waals surface area contributed by atoms with Crippen molar-refractivity contribution < 1.29 is 34.2 Å². The highest BCUT2D eigenvalue weighted by Crippen LogP contribution is 2.10. The van der Waals surface area contributed by atoms with Crippen molar-refractivity contribution in [1.29, 1.82) is 0 Å². The Kier molecular flexibility index (Phi) is 14.3. The first kappa shape index (κ1) is 30.6. The van der Waals surface area contributed by atoms with Crippen LogP contribution >= 0.6 is 11.8 Å². The van der Waals surface area contributed by atoms with Crippen LogP contribution in [0.2, 0.25) is 0 Å². The number of aliphatic hydroxyl groups is 1. The third kappa shape index (κ3) is 11.3. The number of nitrogens with one attached hydrogen (secondary N) is 3. The number of aliphatic carboxylic acids is 1. The van der Waals surface area contributed by atoms with Gasteiger partial charge < -0.3 is 37.6 Å². The number of rotatable bonds is 16. The van der Waals surface area contributed by atoms with E-state index in [0.29, 0.717) is 12.2 Å². The van der Waals surface area contributed by atoms with E-state index in [9.17, 15) is 34.2 Å². The molecule has 0 bridgehead atoms. The number of carbonyl (C=O) groups excluding carboxylic acids is 4. The van der Waals surface area contributed by atoms with Crippen molar-refractivity contribution in [3.8, 4) is 0 Å². The van der Waals surface area contributed by atoms with Crippen LogP contribution in [0.25, 0.3) is 0 Å². The summed E-state index contributed by atoms with van der Waals surface area (Å²) in [6.07, 6.45) is 0.978. The molecule has 6 unspecified atom stereocenters. The number of carboxylic acids is 1. The van der Waals surface area contributed by atoms with Crippen molar-refractivity contribution in [2.75, 3.05) is 12.0 Å². The minimum absolute atomic E-state index is 0.157. The quantitative estimate of drug-likeness (QED) is 0.131. The number of aliphatic hydroxyl groups excluding tert-OH is 1. The molecule has 0 spiro atoms. The number of thioether (sulfide) groups is 1. The second-order valence-corrected chi connectivity index (χ2v) is 8.87. The fourth-order valence-corrected chi connectivity index (χ4v) is 3.23. The lowest BCUT2D eigenvalue weighted by Crippen LogP contribution is -2.58. The van der Waals surface area contributed by atoms with E-state index in [2.05, 4.69) is 16.0 Å². The summed E-state index contributed by atoms with van der Waals surface area (Å²) < 4.78 is 0. The van der Waals surface area contributed by atoms with Gasteiger partial charge >= 0.3 is 5.97 Å². The molecule has 190 valence electrons. The standard InChI is InChI=1S/C20H37N5O7S/c1-5-10(2)16(20(31)32)25-18(29)12(6-7-14(21)27)23-17(28)13(8-9-33-4)24-19(30)15(22)11(3)26/h10-13,15-16,26H,5-9,22H2,1-4H3,(H2,21,27)(H,23,28)(H,24,30)(H,25,29)(H,31,32). The Morgan fingerprint density at radius 3 is 1.91 bits per heavy atom. The molecule has 6 atom stereocenters. The van der Waals surface area contributed by atoms with Crippen LogP contribution in [0.5, 0.6) is 0 Å². The van der Waals surface area contributed by atoms with Crippen molar-refractivity contribution in [3.05, 3.63) is 0 Å². The Bertz CT molecular complexity index is 692. The Morgan fingerprint density at radius 1 is 0.939 bits per heavy atom. The fraction of sp³-hybridized carbons (Fsp3) is 0.750. The smallest absolute Gasteiger partial charge is 0.326 e. The van der Waals surface area contributed by atoms with E-state index in [4.69, 9.17) is 11.5 Å². The number of hydrogen-bond acceptors (Lipinski definition) is 8. The largest absolute Gasteiger partial charge is 0.480 e. The summed E-state index contributed by atoms with van der Waals surface area (Å²) in [6.45, 7) is 4.77. The Hall–Kier alpha value is -2.38. The Balaban J connectivity index is 5.58. The highest BCUT2D eigenvalue weighted by Gasteiger charge is 2.32. The van der Waals surface area contributed by atoms with E-state index >= 15 is 0 Å². The predicted molar refractivity (Wildman–Crippen MR) is 124 cm³/mol. The van der Waals surface area contributed by atoms with Gasteiger partial charge in [-0.2, -0.15) is 11.8 Å². The molecule has 13 heteroatoms. The molecular formula is C20H37N5O7S. The molecule has 0 saturated heterocycles. The zero-order valence-corrected chi connectivity index (χ0v) is 20.3. The third-order valence-corrected chi connectivity index (χ3v) is 5.80. The Labute approximate surface area is 198 Å². The molecule has 0 aliphatic rings. The summed E-state index contributed by atoms with van der Waals surface area (Å²) >= 11 is 1.43. The zero-order chi connectivity index (χ0) is 25.7. The maximum Gasteiger partial charge on any atom is 0.326 e. The predicted octanol–water partition coefficient (Wildman–Crippen LogP) is -1.70. The van der Waals surface area contributed by atoms with Crippen LogP contribution in [-0.2, 0) is 24.0 Å². The van der Waals surface area contributed by atoms with Crippen LogP contribution in [0.1, 0.15) is 46.5 Å². The van der Waals surface area contributed by atoms with Gasteiger partial charge in [-0.05, 0) is 37.7 Å². The second kappa shape index (κ2) is 15.5. The van der Waals surface area contributed by atoms with Crippen LogP contribution in [0.3, 0.4) is 0 Å². The molecule has 0 rings (SSSR count). The first-order valence-electron chi connectivity index (χ1n) is 10.7. The van der Waals surface area contributed by atoms with Crippen molar-refractivity contribution >= 4 is 41.4 Å². The van der Waals surface area contributed by atoms with E-state index in [1.807, 2.05) is 6.26 Å². The minimum Gasteiger partial charge on any atom is -0.480 e. The zero-order valence-electron chi connectivity index (χ0n) is 19.5. The molecule has 0 aromatic rings. The molecule has 0 heterocycles. The number of hydrogen-bond donors (Lipinski definition) is 7. The summed E-state index contributed by atoms with van der Waals surface area (Å²) in [6, 6.07) is -4.76. The summed E-state index contributed by atoms with van der Waals surface area (Å²) in [5.41, 5.74) is 10.8. The molecule has 0 aliphatic carbocycles.